The Morgan fingerprint density at radius 2 is 1.86 bits per heavy atom. The molecule has 5 nitrogen and oxygen atoms in total. The summed E-state index contributed by atoms with van der Waals surface area (Å²) in [5.74, 6) is 6.66. The van der Waals surface area contributed by atoms with Gasteiger partial charge in [0.05, 0.1) is 5.56 Å². The van der Waals surface area contributed by atoms with Crippen molar-refractivity contribution in [2.75, 3.05) is 6.26 Å². The summed E-state index contributed by atoms with van der Waals surface area (Å²) in [6, 6.07) is 0. The molecule has 1 rings (SSSR count). The number of rotatable bonds is 7. The molecule has 1 aromatic rings. The van der Waals surface area contributed by atoms with Crippen molar-refractivity contribution >= 4 is 15.6 Å². The van der Waals surface area contributed by atoms with E-state index in [4.69, 9.17) is 0 Å². The highest BCUT2D eigenvalue weighted by Crippen LogP contribution is 2.07. The van der Waals surface area contributed by atoms with Gasteiger partial charge in [0.15, 0.2) is 0 Å². The lowest BCUT2D eigenvalue weighted by Crippen LogP contribution is -2.03. The van der Waals surface area contributed by atoms with E-state index in [2.05, 4.69) is 35.7 Å². The number of carbonyl (C=O) groups excluding carboxylic acids is 1. The Kier molecular flexibility index (Phi) is 7.19. The van der Waals surface area contributed by atoms with Gasteiger partial charge in [0, 0.05) is 37.9 Å². The van der Waals surface area contributed by atoms with Crippen LogP contribution in [0.5, 0.6) is 0 Å². The number of unbranched alkanes of at least 4 members (excludes halogenated alkanes) is 1. The molecule has 6 heteroatoms. The zero-order valence-corrected chi connectivity index (χ0v) is 14.1. The fraction of sp³-hybridized carbons (Fsp3) is 0.562. The molecular weight excluding hydrogens is 300 g/mol. The van der Waals surface area contributed by atoms with Gasteiger partial charge in [-0.15, -0.1) is 0 Å². The fourth-order valence-corrected chi connectivity index (χ4v) is 2.17. The molecule has 1 aromatic heterocycles. The zero-order valence-electron chi connectivity index (χ0n) is 13.3. The van der Waals surface area contributed by atoms with Crippen molar-refractivity contribution in [1.29, 1.82) is 0 Å². The van der Waals surface area contributed by atoms with Gasteiger partial charge in [0.1, 0.15) is 5.78 Å². The second-order valence-corrected chi connectivity index (χ2v) is 7.56. The number of carbonyl (C=O) groups is 1. The number of Topliss-reactive ketones (excluding diaryl/α,β-unsaturated/α-hetero) is 1. The van der Waals surface area contributed by atoms with Gasteiger partial charge in [0.2, 0.25) is 15.0 Å². The van der Waals surface area contributed by atoms with E-state index in [9.17, 15) is 13.2 Å². The number of nitrogens with zero attached hydrogens (tertiary/aromatic N) is 2. The Hall–Kier alpha value is -1.74. The minimum Gasteiger partial charge on any atom is -0.300 e. The van der Waals surface area contributed by atoms with E-state index in [1.807, 2.05) is 0 Å². The molecule has 0 fully saturated rings. The first-order valence-corrected chi connectivity index (χ1v) is 9.21. The second-order valence-electron chi connectivity index (χ2n) is 5.65. The second kappa shape index (κ2) is 8.64. The van der Waals surface area contributed by atoms with Crippen LogP contribution in [0.2, 0.25) is 0 Å². The van der Waals surface area contributed by atoms with Gasteiger partial charge in [-0.1, -0.05) is 25.7 Å². The number of aromatic nitrogens is 2. The van der Waals surface area contributed by atoms with E-state index in [0.29, 0.717) is 30.7 Å². The number of hydrogen-bond donors (Lipinski definition) is 0. The van der Waals surface area contributed by atoms with Crippen molar-refractivity contribution in [3.63, 3.8) is 0 Å². The zero-order chi connectivity index (χ0) is 16.6. The van der Waals surface area contributed by atoms with Crippen molar-refractivity contribution in [3.8, 4) is 11.8 Å². The Labute approximate surface area is 132 Å². The highest BCUT2D eigenvalue weighted by Gasteiger charge is 2.09. The number of ketones is 1. The molecule has 0 aliphatic rings. The van der Waals surface area contributed by atoms with Crippen LogP contribution in [0.25, 0.3) is 0 Å². The summed E-state index contributed by atoms with van der Waals surface area (Å²) in [7, 11) is -3.38. The molecule has 0 saturated carbocycles. The average Bonchev–Trinajstić information content (AvgIpc) is 2.44. The molecule has 0 amide bonds. The predicted molar refractivity (Wildman–Crippen MR) is 84.9 cm³/mol. The number of sulfone groups is 1. The maximum atomic E-state index is 11.6. The minimum atomic E-state index is -3.38. The first-order valence-electron chi connectivity index (χ1n) is 7.31. The van der Waals surface area contributed by atoms with Crippen LogP contribution in [0, 0.1) is 17.8 Å². The molecule has 0 unspecified atom stereocenters. The molecule has 0 aliphatic carbocycles. The molecule has 22 heavy (non-hydrogen) atoms. The van der Waals surface area contributed by atoms with E-state index in [-0.39, 0.29) is 10.9 Å². The molecule has 1 heterocycles. The van der Waals surface area contributed by atoms with Gasteiger partial charge >= 0.3 is 0 Å². The highest BCUT2D eigenvalue weighted by molar-refractivity contribution is 7.90. The van der Waals surface area contributed by atoms with Crippen LogP contribution >= 0.6 is 0 Å². The molecule has 0 bridgehead atoms. The Morgan fingerprint density at radius 3 is 2.41 bits per heavy atom. The molecule has 0 radical (unpaired) electrons. The van der Waals surface area contributed by atoms with E-state index in [1.54, 1.807) is 0 Å². The quantitative estimate of drug-likeness (QED) is 0.438. The van der Waals surface area contributed by atoms with Crippen molar-refractivity contribution in [3.05, 3.63) is 18.0 Å². The maximum Gasteiger partial charge on any atom is 0.246 e. The summed E-state index contributed by atoms with van der Waals surface area (Å²) in [6.07, 6.45) is 7.36. The lowest BCUT2D eigenvalue weighted by molar-refractivity contribution is -0.119. The van der Waals surface area contributed by atoms with Crippen LogP contribution in [0.4, 0.5) is 0 Å². The van der Waals surface area contributed by atoms with E-state index >= 15 is 0 Å². The third kappa shape index (κ3) is 7.32. The predicted octanol–water partition coefficient (Wildman–Crippen LogP) is 2.41. The highest BCUT2D eigenvalue weighted by atomic mass is 32.2. The normalized spacial score (nSPS) is 11.1. The Balaban J connectivity index is 2.37. The van der Waals surface area contributed by atoms with Crippen LogP contribution in [-0.2, 0) is 14.6 Å². The Morgan fingerprint density at radius 1 is 1.23 bits per heavy atom. The molecule has 0 spiro atoms. The summed E-state index contributed by atoms with van der Waals surface area (Å²) in [5.41, 5.74) is 0.568. The fourth-order valence-electron chi connectivity index (χ4n) is 1.69. The molecule has 0 aliphatic heterocycles. The smallest absolute Gasteiger partial charge is 0.246 e. The van der Waals surface area contributed by atoms with Crippen LogP contribution in [0.3, 0.4) is 0 Å². The molecule has 120 valence electrons. The topological polar surface area (TPSA) is 77.0 Å². The summed E-state index contributed by atoms with van der Waals surface area (Å²) in [4.78, 5) is 19.1. The molecule has 0 atom stereocenters. The van der Waals surface area contributed by atoms with Gasteiger partial charge < -0.3 is 0 Å². The van der Waals surface area contributed by atoms with E-state index in [1.165, 1.54) is 12.4 Å². The lowest BCUT2D eigenvalue weighted by Gasteiger charge is -2.02. The van der Waals surface area contributed by atoms with Crippen molar-refractivity contribution in [1.82, 2.24) is 9.97 Å². The largest absolute Gasteiger partial charge is 0.300 e. The minimum absolute atomic E-state index is 0.200. The molecule has 0 aromatic carbocycles. The average molecular weight is 322 g/mol. The molecule has 0 saturated heterocycles. The first kappa shape index (κ1) is 18.3. The van der Waals surface area contributed by atoms with Gasteiger partial charge in [-0.2, -0.15) is 0 Å². The Bertz CT molecular complexity index is 653. The standard InChI is InChI=1S/C16H22N2O3S/c1-13(2)9-10-15(19)8-6-4-5-7-14-11-17-16(18-12-14)22(3,20)21/h11-13H,4,6,8-10H2,1-3H3. The maximum absolute atomic E-state index is 11.6. The number of hydrogen-bond acceptors (Lipinski definition) is 5. The van der Waals surface area contributed by atoms with Crippen LogP contribution in [0.15, 0.2) is 17.6 Å². The first-order chi connectivity index (χ1) is 10.3. The third-order valence-electron chi connectivity index (χ3n) is 2.95. The molecule has 0 N–H and O–H groups in total. The SMILES string of the molecule is CC(C)CCC(=O)CCCC#Cc1cnc(S(C)(=O)=O)nc1. The van der Waals surface area contributed by atoms with Crippen LogP contribution in [0.1, 0.15) is 51.5 Å². The monoisotopic (exact) mass is 322 g/mol. The lowest BCUT2D eigenvalue weighted by atomic mass is 10.0. The van der Waals surface area contributed by atoms with Gasteiger partial charge in [0.25, 0.3) is 0 Å². The summed E-state index contributed by atoms with van der Waals surface area (Å²) >= 11 is 0. The van der Waals surface area contributed by atoms with Crippen LogP contribution < -0.4 is 0 Å². The van der Waals surface area contributed by atoms with Gasteiger partial charge in [-0.25, -0.2) is 18.4 Å². The summed E-state index contributed by atoms with van der Waals surface area (Å²) < 4.78 is 22.4. The van der Waals surface area contributed by atoms with Gasteiger partial charge in [-0.05, 0) is 18.8 Å². The third-order valence-corrected chi connectivity index (χ3v) is 3.82. The van der Waals surface area contributed by atoms with Crippen molar-refractivity contribution in [2.24, 2.45) is 5.92 Å². The summed E-state index contributed by atoms with van der Waals surface area (Å²) in [5, 5.41) is -0.200. The van der Waals surface area contributed by atoms with Crippen molar-refractivity contribution in [2.45, 2.75) is 51.1 Å². The van der Waals surface area contributed by atoms with E-state index in [0.717, 1.165) is 19.1 Å². The summed E-state index contributed by atoms with van der Waals surface area (Å²) in [6.45, 7) is 4.21. The molecular formula is C16H22N2O3S. The van der Waals surface area contributed by atoms with E-state index < -0.39 is 9.84 Å². The van der Waals surface area contributed by atoms with Crippen molar-refractivity contribution < 1.29 is 13.2 Å². The van der Waals surface area contributed by atoms with Gasteiger partial charge in [-0.3, -0.25) is 4.79 Å². The van der Waals surface area contributed by atoms with Crippen LogP contribution in [-0.4, -0.2) is 30.4 Å².